The van der Waals surface area contributed by atoms with Gasteiger partial charge in [-0.3, -0.25) is 4.98 Å². The van der Waals surface area contributed by atoms with Gasteiger partial charge in [-0.15, -0.1) is 12.4 Å². The molecule has 1 aromatic carbocycles. The number of aromatic nitrogens is 3. The lowest BCUT2D eigenvalue weighted by molar-refractivity contribution is 0.0409. The second kappa shape index (κ2) is 9.14. The van der Waals surface area contributed by atoms with Gasteiger partial charge < -0.3 is 19.7 Å². The topological polar surface area (TPSA) is 96.3 Å². The molecular weight excluding hydrogens is 380 g/mol. The fourth-order valence-electron chi connectivity index (χ4n) is 3.17. The highest BCUT2D eigenvalue weighted by Crippen LogP contribution is 2.34. The van der Waals surface area contributed by atoms with Crippen LogP contribution in [0.15, 0.2) is 53.3 Å². The van der Waals surface area contributed by atoms with E-state index in [1.807, 2.05) is 36.4 Å². The van der Waals surface area contributed by atoms with Crippen LogP contribution in [0.3, 0.4) is 0 Å². The molecule has 0 amide bonds. The molecular formula is C20H23ClN4O3. The molecule has 2 aromatic heterocycles. The number of nitrogens with zero attached hydrogens (tertiary/aromatic N) is 3. The van der Waals surface area contributed by atoms with Crippen LogP contribution >= 0.6 is 12.4 Å². The van der Waals surface area contributed by atoms with Crippen molar-refractivity contribution in [2.75, 3.05) is 19.8 Å². The molecule has 1 saturated heterocycles. The SMILES string of the molecule is Cl.NCC1(c2nc(-c3ccc(OCc4cccnc4)cc3)no2)CCOCC1. The van der Waals surface area contributed by atoms with Crippen LogP contribution < -0.4 is 10.5 Å². The molecule has 0 aliphatic carbocycles. The zero-order valence-electron chi connectivity index (χ0n) is 15.4. The molecule has 28 heavy (non-hydrogen) atoms. The Hall–Kier alpha value is -2.48. The molecule has 8 heteroatoms. The number of halogens is 1. The van der Waals surface area contributed by atoms with E-state index in [-0.39, 0.29) is 17.8 Å². The predicted octanol–water partition coefficient (Wildman–Crippen LogP) is 3.14. The minimum absolute atomic E-state index is 0. The third kappa shape index (κ3) is 4.32. The van der Waals surface area contributed by atoms with Crippen molar-refractivity contribution in [3.8, 4) is 17.1 Å². The third-order valence-corrected chi connectivity index (χ3v) is 4.96. The van der Waals surface area contributed by atoms with E-state index in [0.29, 0.717) is 38.1 Å². The molecule has 0 spiro atoms. The van der Waals surface area contributed by atoms with Gasteiger partial charge in [-0.1, -0.05) is 11.2 Å². The molecule has 0 bridgehead atoms. The Morgan fingerprint density at radius 1 is 1.11 bits per heavy atom. The maximum Gasteiger partial charge on any atom is 0.234 e. The van der Waals surface area contributed by atoms with Crippen LogP contribution in [0, 0.1) is 0 Å². The first kappa shape index (κ1) is 20.3. The fraction of sp³-hybridized carbons (Fsp3) is 0.350. The molecule has 2 N–H and O–H groups in total. The van der Waals surface area contributed by atoms with E-state index in [1.165, 1.54) is 0 Å². The molecule has 1 fully saturated rings. The van der Waals surface area contributed by atoms with Gasteiger partial charge in [0.15, 0.2) is 0 Å². The van der Waals surface area contributed by atoms with E-state index in [0.717, 1.165) is 29.7 Å². The monoisotopic (exact) mass is 402 g/mol. The quantitative estimate of drug-likeness (QED) is 0.676. The van der Waals surface area contributed by atoms with Crippen molar-refractivity contribution in [1.82, 2.24) is 15.1 Å². The lowest BCUT2D eigenvalue weighted by Gasteiger charge is -2.32. The van der Waals surface area contributed by atoms with Gasteiger partial charge in [0.1, 0.15) is 12.4 Å². The van der Waals surface area contributed by atoms with E-state index in [1.54, 1.807) is 12.4 Å². The number of ether oxygens (including phenoxy) is 2. The predicted molar refractivity (Wildman–Crippen MR) is 106 cm³/mol. The van der Waals surface area contributed by atoms with Gasteiger partial charge in [0.2, 0.25) is 11.7 Å². The number of rotatable bonds is 6. The molecule has 0 unspecified atom stereocenters. The van der Waals surface area contributed by atoms with Crippen LogP contribution in [0.1, 0.15) is 24.3 Å². The van der Waals surface area contributed by atoms with Crippen molar-refractivity contribution in [3.05, 3.63) is 60.2 Å². The Morgan fingerprint density at radius 3 is 2.57 bits per heavy atom. The summed E-state index contributed by atoms with van der Waals surface area (Å²) >= 11 is 0. The second-order valence-corrected chi connectivity index (χ2v) is 6.69. The van der Waals surface area contributed by atoms with Gasteiger partial charge in [-0.05, 0) is 43.2 Å². The lowest BCUT2D eigenvalue weighted by Crippen LogP contribution is -2.40. The summed E-state index contributed by atoms with van der Waals surface area (Å²) in [6, 6.07) is 11.5. The first-order valence-corrected chi connectivity index (χ1v) is 9.03. The summed E-state index contributed by atoms with van der Waals surface area (Å²) < 4.78 is 16.8. The number of hydrogen-bond acceptors (Lipinski definition) is 7. The highest BCUT2D eigenvalue weighted by molar-refractivity contribution is 5.85. The molecule has 0 radical (unpaired) electrons. The second-order valence-electron chi connectivity index (χ2n) is 6.69. The zero-order chi connectivity index (χ0) is 18.5. The Balaban J connectivity index is 0.00000225. The van der Waals surface area contributed by atoms with E-state index < -0.39 is 0 Å². The Kier molecular flexibility index (Phi) is 6.61. The van der Waals surface area contributed by atoms with Gasteiger partial charge in [0.05, 0.1) is 5.41 Å². The minimum atomic E-state index is -0.281. The van der Waals surface area contributed by atoms with E-state index in [4.69, 9.17) is 19.7 Å². The van der Waals surface area contributed by atoms with Crippen molar-refractivity contribution in [1.29, 1.82) is 0 Å². The maximum absolute atomic E-state index is 6.02. The first-order chi connectivity index (χ1) is 13.3. The summed E-state index contributed by atoms with van der Waals surface area (Å²) in [7, 11) is 0. The number of benzene rings is 1. The van der Waals surface area contributed by atoms with Gasteiger partial charge in [-0.25, -0.2) is 0 Å². The smallest absolute Gasteiger partial charge is 0.234 e. The van der Waals surface area contributed by atoms with Crippen molar-refractivity contribution in [2.45, 2.75) is 24.9 Å². The lowest BCUT2D eigenvalue weighted by atomic mass is 9.80. The molecule has 4 rings (SSSR count). The van der Waals surface area contributed by atoms with Crippen molar-refractivity contribution in [3.63, 3.8) is 0 Å². The Bertz CT molecular complexity index is 865. The molecule has 3 heterocycles. The van der Waals surface area contributed by atoms with Crippen molar-refractivity contribution < 1.29 is 14.0 Å². The van der Waals surface area contributed by atoms with Crippen LogP contribution in [-0.2, 0) is 16.8 Å². The zero-order valence-corrected chi connectivity index (χ0v) is 16.2. The van der Waals surface area contributed by atoms with Crippen molar-refractivity contribution >= 4 is 12.4 Å². The number of nitrogens with two attached hydrogens (primary N) is 1. The minimum Gasteiger partial charge on any atom is -0.489 e. The van der Waals surface area contributed by atoms with Gasteiger partial charge in [0, 0.05) is 43.3 Å². The largest absolute Gasteiger partial charge is 0.489 e. The summed E-state index contributed by atoms with van der Waals surface area (Å²) in [6.45, 7) is 2.27. The summed E-state index contributed by atoms with van der Waals surface area (Å²) in [5.74, 6) is 1.93. The first-order valence-electron chi connectivity index (χ1n) is 9.03. The van der Waals surface area contributed by atoms with Crippen LogP contribution in [0.5, 0.6) is 5.75 Å². The van der Waals surface area contributed by atoms with Gasteiger partial charge in [-0.2, -0.15) is 4.98 Å². The average Bonchev–Trinajstić information content (AvgIpc) is 3.25. The van der Waals surface area contributed by atoms with Crippen LogP contribution in [0.25, 0.3) is 11.4 Å². The average molecular weight is 403 g/mol. The van der Waals surface area contributed by atoms with Gasteiger partial charge >= 0.3 is 0 Å². The summed E-state index contributed by atoms with van der Waals surface area (Å²) in [5.41, 5.74) is 7.63. The molecule has 3 aromatic rings. The van der Waals surface area contributed by atoms with Crippen LogP contribution in [0.4, 0.5) is 0 Å². The number of pyridine rings is 1. The highest BCUT2D eigenvalue weighted by Gasteiger charge is 2.38. The Morgan fingerprint density at radius 2 is 1.89 bits per heavy atom. The van der Waals surface area contributed by atoms with Crippen LogP contribution in [-0.4, -0.2) is 34.9 Å². The summed E-state index contributed by atoms with van der Waals surface area (Å²) in [5, 5.41) is 4.15. The maximum atomic E-state index is 6.02. The van der Waals surface area contributed by atoms with Crippen molar-refractivity contribution in [2.24, 2.45) is 5.73 Å². The summed E-state index contributed by atoms with van der Waals surface area (Å²) in [6.07, 6.45) is 5.13. The molecule has 0 saturated carbocycles. The summed E-state index contributed by atoms with van der Waals surface area (Å²) in [4.78, 5) is 8.69. The third-order valence-electron chi connectivity index (χ3n) is 4.96. The normalized spacial score (nSPS) is 15.6. The molecule has 7 nitrogen and oxygen atoms in total. The molecule has 1 aliphatic heterocycles. The Labute approximate surface area is 169 Å². The van der Waals surface area contributed by atoms with E-state index in [9.17, 15) is 0 Å². The van der Waals surface area contributed by atoms with Crippen LogP contribution in [0.2, 0.25) is 0 Å². The molecule has 148 valence electrons. The fourth-order valence-corrected chi connectivity index (χ4v) is 3.17. The molecule has 0 atom stereocenters. The van der Waals surface area contributed by atoms with E-state index in [2.05, 4.69) is 15.1 Å². The van der Waals surface area contributed by atoms with Gasteiger partial charge in [0.25, 0.3) is 0 Å². The standard InChI is InChI=1S/C20H22N4O3.ClH/c21-14-20(7-10-25-11-8-20)19-23-18(24-27-19)16-3-5-17(6-4-16)26-13-15-2-1-9-22-12-15;/h1-6,9,12H,7-8,10-11,13-14,21H2;1H. The van der Waals surface area contributed by atoms with E-state index >= 15 is 0 Å². The highest BCUT2D eigenvalue weighted by atomic mass is 35.5. The number of hydrogen-bond donors (Lipinski definition) is 1. The molecule has 1 aliphatic rings.